The summed E-state index contributed by atoms with van der Waals surface area (Å²) >= 11 is 0. The number of nitrogens with one attached hydrogen (secondary N) is 2. The summed E-state index contributed by atoms with van der Waals surface area (Å²) < 4.78 is 0. The van der Waals surface area contributed by atoms with Gasteiger partial charge < -0.3 is 16.0 Å². The van der Waals surface area contributed by atoms with Gasteiger partial charge in [-0.3, -0.25) is 9.59 Å². The molecule has 6 nitrogen and oxygen atoms in total. The Morgan fingerprint density at radius 3 is 2.54 bits per heavy atom. The number of carbonyl (C=O) groups is 1. The first-order chi connectivity index (χ1) is 10.9. The van der Waals surface area contributed by atoms with Crippen LogP contribution in [0.15, 0.2) is 4.79 Å². The molecule has 1 aliphatic carbocycles. The van der Waals surface area contributed by atoms with E-state index in [1.54, 1.807) is 13.8 Å². The number of pyridine rings is 1. The molecule has 7 heteroatoms. The Bertz CT molecular complexity index is 700. The fourth-order valence-electron chi connectivity index (χ4n) is 3.45. The molecule has 1 heterocycles. The van der Waals surface area contributed by atoms with E-state index in [2.05, 4.69) is 10.3 Å². The van der Waals surface area contributed by atoms with Crippen molar-refractivity contribution in [1.82, 2.24) is 10.3 Å². The van der Waals surface area contributed by atoms with E-state index in [1.807, 2.05) is 6.07 Å². The summed E-state index contributed by atoms with van der Waals surface area (Å²) in [5.41, 5.74) is 7.59. The molecule has 0 spiro atoms. The molecule has 2 rings (SSSR count). The van der Waals surface area contributed by atoms with Gasteiger partial charge in [0.2, 0.25) is 5.91 Å². The summed E-state index contributed by atoms with van der Waals surface area (Å²) in [5.74, 6) is -0.0270. The molecule has 132 valence electrons. The Kier molecular flexibility index (Phi) is 7.00. The highest BCUT2D eigenvalue weighted by Gasteiger charge is 2.33. The predicted octanol–water partition coefficient (Wildman–Crippen LogP) is 1.61. The van der Waals surface area contributed by atoms with E-state index in [1.165, 1.54) is 0 Å². The van der Waals surface area contributed by atoms with Gasteiger partial charge in [0.15, 0.2) is 0 Å². The summed E-state index contributed by atoms with van der Waals surface area (Å²) in [4.78, 5) is 26.7. The molecule has 1 aliphatic rings. The van der Waals surface area contributed by atoms with E-state index >= 15 is 0 Å². The molecule has 1 amide bonds. The van der Waals surface area contributed by atoms with E-state index in [9.17, 15) is 9.59 Å². The highest BCUT2D eigenvalue weighted by atomic mass is 35.5. The van der Waals surface area contributed by atoms with Crippen molar-refractivity contribution >= 4 is 18.3 Å². The van der Waals surface area contributed by atoms with Crippen LogP contribution in [-0.4, -0.2) is 23.0 Å². The van der Waals surface area contributed by atoms with Crippen LogP contribution in [0.1, 0.15) is 54.5 Å². The van der Waals surface area contributed by atoms with Gasteiger partial charge in [0, 0.05) is 18.7 Å². The zero-order valence-electron chi connectivity index (χ0n) is 14.2. The molecule has 0 atom stereocenters. The minimum absolute atomic E-state index is 0. The Morgan fingerprint density at radius 1 is 1.38 bits per heavy atom. The summed E-state index contributed by atoms with van der Waals surface area (Å²) in [6, 6.07) is 1.93. The lowest BCUT2D eigenvalue weighted by Gasteiger charge is -2.28. The van der Waals surface area contributed by atoms with E-state index in [4.69, 9.17) is 11.0 Å². The number of aryl methyl sites for hydroxylation is 1. The Balaban J connectivity index is 0.00000288. The largest absolute Gasteiger partial charge is 0.349 e. The van der Waals surface area contributed by atoms with Crippen molar-refractivity contribution in [2.24, 2.45) is 5.73 Å². The van der Waals surface area contributed by atoms with Crippen LogP contribution in [0.5, 0.6) is 0 Å². The second kappa shape index (κ2) is 8.32. The highest BCUT2D eigenvalue weighted by molar-refractivity contribution is 5.85. The third-order valence-corrected chi connectivity index (χ3v) is 4.88. The van der Waals surface area contributed by atoms with E-state index in [-0.39, 0.29) is 35.0 Å². The monoisotopic (exact) mass is 352 g/mol. The molecule has 0 radical (unpaired) electrons. The third kappa shape index (κ3) is 4.16. The SMILES string of the molecule is Cc1[nH]c(=O)c(C#N)c(C)c1CCC(=O)NC1(CN)CCCC1.Cl. The maximum atomic E-state index is 12.3. The smallest absolute Gasteiger partial charge is 0.266 e. The first-order valence-electron chi connectivity index (χ1n) is 8.06. The Labute approximate surface area is 148 Å². The first-order valence-corrected chi connectivity index (χ1v) is 8.06. The molecule has 0 unspecified atom stereocenters. The normalized spacial score (nSPS) is 15.4. The zero-order valence-corrected chi connectivity index (χ0v) is 15.0. The lowest BCUT2D eigenvalue weighted by atomic mass is 9.96. The summed E-state index contributed by atoms with van der Waals surface area (Å²) in [7, 11) is 0. The molecule has 0 aromatic carbocycles. The molecule has 1 aromatic rings. The van der Waals surface area contributed by atoms with Crippen LogP contribution in [0.2, 0.25) is 0 Å². The third-order valence-electron chi connectivity index (χ3n) is 4.88. The number of aromatic amines is 1. The summed E-state index contributed by atoms with van der Waals surface area (Å²) in [6.45, 7) is 4.02. The fraction of sp³-hybridized carbons (Fsp3) is 0.588. The van der Waals surface area contributed by atoms with Crippen LogP contribution in [-0.2, 0) is 11.2 Å². The molecule has 0 bridgehead atoms. The second-order valence-corrected chi connectivity index (χ2v) is 6.41. The van der Waals surface area contributed by atoms with Crippen molar-refractivity contribution in [3.8, 4) is 6.07 Å². The predicted molar refractivity (Wildman–Crippen MR) is 95.2 cm³/mol. The van der Waals surface area contributed by atoms with Crippen molar-refractivity contribution < 1.29 is 4.79 Å². The van der Waals surface area contributed by atoms with Crippen LogP contribution < -0.4 is 16.6 Å². The number of hydrogen-bond donors (Lipinski definition) is 3. The molecule has 0 saturated heterocycles. The quantitative estimate of drug-likeness (QED) is 0.747. The van der Waals surface area contributed by atoms with Gasteiger partial charge in [-0.1, -0.05) is 12.8 Å². The van der Waals surface area contributed by atoms with Gasteiger partial charge in [-0.25, -0.2) is 0 Å². The molecular weight excluding hydrogens is 328 g/mol. The van der Waals surface area contributed by atoms with Crippen molar-refractivity contribution in [1.29, 1.82) is 5.26 Å². The van der Waals surface area contributed by atoms with Crippen molar-refractivity contribution in [3.05, 3.63) is 32.7 Å². The van der Waals surface area contributed by atoms with Crippen molar-refractivity contribution in [3.63, 3.8) is 0 Å². The standard InChI is InChI=1S/C17H24N4O2.ClH/c1-11-13(12(2)20-16(23)14(11)9-18)5-6-15(22)21-17(10-19)7-3-4-8-17;/h3-8,10,19H2,1-2H3,(H,20,23)(H,21,22);1H. The van der Waals surface area contributed by atoms with Crippen LogP contribution in [0.4, 0.5) is 0 Å². The molecule has 1 aromatic heterocycles. The number of nitrogens with two attached hydrogens (primary N) is 1. The highest BCUT2D eigenvalue weighted by Crippen LogP contribution is 2.28. The van der Waals surface area contributed by atoms with E-state index < -0.39 is 0 Å². The average molecular weight is 353 g/mol. The van der Waals surface area contributed by atoms with Gasteiger partial charge in [-0.05, 0) is 44.2 Å². The summed E-state index contributed by atoms with van der Waals surface area (Å²) in [6.07, 6.45) is 4.88. The number of rotatable bonds is 5. The Hall–Kier alpha value is -1.84. The second-order valence-electron chi connectivity index (χ2n) is 6.41. The van der Waals surface area contributed by atoms with Gasteiger partial charge in [-0.15, -0.1) is 12.4 Å². The number of aromatic nitrogens is 1. The number of nitrogens with zero attached hydrogens (tertiary/aromatic N) is 1. The topological polar surface area (TPSA) is 112 Å². The minimum Gasteiger partial charge on any atom is -0.349 e. The zero-order chi connectivity index (χ0) is 17.0. The molecule has 24 heavy (non-hydrogen) atoms. The van der Waals surface area contributed by atoms with Crippen molar-refractivity contribution in [2.45, 2.75) is 57.9 Å². The van der Waals surface area contributed by atoms with Crippen LogP contribution in [0.25, 0.3) is 0 Å². The number of hydrogen-bond acceptors (Lipinski definition) is 4. The number of carbonyl (C=O) groups excluding carboxylic acids is 1. The average Bonchev–Trinajstić information content (AvgIpc) is 2.96. The number of nitriles is 1. The van der Waals surface area contributed by atoms with Gasteiger partial charge in [-0.2, -0.15) is 5.26 Å². The van der Waals surface area contributed by atoms with Crippen LogP contribution in [0.3, 0.4) is 0 Å². The molecule has 4 N–H and O–H groups in total. The van der Waals surface area contributed by atoms with E-state index in [0.29, 0.717) is 30.6 Å². The lowest BCUT2D eigenvalue weighted by Crippen LogP contribution is -2.51. The molecule has 1 fully saturated rings. The van der Waals surface area contributed by atoms with Gasteiger partial charge in [0.25, 0.3) is 5.56 Å². The number of H-pyrrole nitrogens is 1. The van der Waals surface area contributed by atoms with Crippen molar-refractivity contribution in [2.75, 3.05) is 6.54 Å². The van der Waals surface area contributed by atoms with Gasteiger partial charge >= 0.3 is 0 Å². The van der Waals surface area contributed by atoms with Crippen LogP contribution in [0, 0.1) is 25.2 Å². The molecular formula is C17H25ClN4O2. The van der Waals surface area contributed by atoms with E-state index in [0.717, 1.165) is 31.2 Å². The van der Waals surface area contributed by atoms with Gasteiger partial charge in [0.1, 0.15) is 11.6 Å². The maximum absolute atomic E-state index is 12.3. The van der Waals surface area contributed by atoms with Gasteiger partial charge in [0.05, 0.1) is 5.54 Å². The first kappa shape index (κ1) is 20.2. The molecule has 1 saturated carbocycles. The fourth-order valence-corrected chi connectivity index (χ4v) is 3.45. The number of amides is 1. The minimum atomic E-state index is -0.372. The molecule has 0 aliphatic heterocycles. The van der Waals surface area contributed by atoms with Crippen LogP contribution >= 0.6 is 12.4 Å². The number of halogens is 1. The lowest BCUT2D eigenvalue weighted by molar-refractivity contribution is -0.122. The Morgan fingerprint density at radius 2 is 2.00 bits per heavy atom. The summed E-state index contributed by atoms with van der Waals surface area (Å²) in [5, 5.41) is 12.2. The maximum Gasteiger partial charge on any atom is 0.266 e.